The first-order valence-electron chi connectivity index (χ1n) is 4.37. The maximum atomic E-state index is 8.80. The van der Waals surface area contributed by atoms with Crippen molar-refractivity contribution in [3.63, 3.8) is 0 Å². The van der Waals surface area contributed by atoms with Gasteiger partial charge in [-0.05, 0) is 20.8 Å². The summed E-state index contributed by atoms with van der Waals surface area (Å²) in [6, 6.07) is 0.577. The van der Waals surface area contributed by atoms with Crippen LogP contribution in [-0.4, -0.2) is 28.5 Å². The summed E-state index contributed by atoms with van der Waals surface area (Å²) < 4.78 is 0. The lowest BCUT2D eigenvalue weighted by atomic mass is 10.2. The molecule has 0 aromatic carbocycles. The smallest absolute Gasteiger partial charge is 0.0683 e. The number of aliphatic hydroxyl groups is 1. The van der Waals surface area contributed by atoms with Crippen molar-refractivity contribution in [1.29, 1.82) is 0 Å². The summed E-state index contributed by atoms with van der Waals surface area (Å²) in [6.45, 7) is 6.81. The third-order valence-electron chi connectivity index (χ3n) is 2.17. The minimum absolute atomic E-state index is 0. The third kappa shape index (κ3) is 3.18. The molecule has 1 aliphatic rings. The summed E-state index contributed by atoms with van der Waals surface area (Å²) >= 11 is 1.86. The van der Waals surface area contributed by atoms with Crippen LogP contribution >= 0.6 is 28.7 Å². The standard InChI is InChI=1S/C9H17NOS.BrH/c1-7(2)10-6-12-9(4-5-11)8(10)3;/h7,11H,4-6H2,1-3H3;1H. The Balaban J connectivity index is 0.00000144. The molecule has 0 atom stereocenters. The van der Waals surface area contributed by atoms with Crippen molar-refractivity contribution in [2.24, 2.45) is 0 Å². The predicted octanol–water partition coefficient (Wildman–Crippen LogP) is 2.59. The Morgan fingerprint density at radius 3 is 2.54 bits per heavy atom. The average molecular weight is 268 g/mol. The van der Waals surface area contributed by atoms with Crippen molar-refractivity contribution in [3.8, 4) is 0 Å². The first kappa shape index (κ1) is 13.3. The largest absolute Gasteiger partial charge is 0.396 e. The van der Waals surface area contributed by atoms with Gasteiger partial charge in [0.15, 0.2) is 0 Å². The van der Waals surface area contributed by atoms with Gasteiger partial charge >= 0.3 is 0 Å². The van der Waals surface area contributed by atoms with E-state index in [1.807, 2.05) is 11.8 Å². The van der Waals surface area contributed by atoms with E-state index in [9.17, 15) is 0 Å². The van der Waals surface area contributed by atoms with Gasteiger partial charge < -0.3 is 10.0 Å². The van der Waals surface area contributed by atoms with Crippen LogP contribution in [-0.2, 0) is 0 Å². The van der Waals surface area contributed by atoms with Crippen LogP contribution in [0.3, 0.4) is 0 Å². The third-order valence-corrected chi connectivity index (χ3v) is 3.43. The molecule has 13 heavy (non-hydrogen) atoms. The molecular weight excluding hydrogens is 250 g/mol. The molecule has 0 saturated heterocycles. The molecular formula is C9H18BrNOS. The molecule has 0 bridgehead atoms. The number of aliphatic hydroxyl groups excluding tert-OH is 1. The van der Waals surface area contributed by atoms with Crippen LogP contribution in [0.25, 0.3) is 0 Å². The minimum Gasteiger partial charge on any atom is -0.396 e. The fourth-order valence-corrected chi connectivity index (χ4v) is 2.75. The number of nitrogens with zero attached hydrogens (tertiary/aromatic N) is 1. The molecule has 0 amide bonds. The van der Waals surface area contributed by atoms with E-state index in [1.54, 1.807) is 0 Å². The predicted molar refractivity (Wildman–Crippen MR) is 64.2 cm³/mol. The quantitative estimate of drug-likeness (QED) is 0.851. The Labute approximate surface area is 95.2 Å². The van der Waals surface area contributed by atoms with Crippen molar-refractivity contribution in [2.45, 2.75) is 33.2 Å². The van der Waals surface area contributed by atoms with Gasteiger partial charge in [0.25, 0.3) is 0 Å². The molecule has 1 aliphatic heterocycles. The van der Waals surface area contributed by atoms with Gasteiger partial charge in [0.2, 0.25) is 0 Å². The van der Waals surface area contributed by atoms with E-state index in [0.717, 1.165) is 12.3 Å². The zero-order valence-corrected chi connectivity index (χ0v) is 10.9. The van der Waals surface area contributed by atoms with Crippen LogP contribution in [0, 0.1) is 0 Å². The molecule has 0 unspecified atom stereocenters. The topological polar surface area (TPSA) is 23.5 Å². The highest BCUT2D eigenvalue weighted by Gasteiger charge is 2.20. The second-order valence-electron chi connectivity index (χ2n) is 3.32. The molecule has 4 heteroatoms. The summed E-state index contributed by atoms with van der Waals surface area (Å²) in [7, 11) is 0. The highest BCUT2D eigenvalue weighted by Crippen LogP contribution is 2.34. The van der Waals surface area contributed by atoms with E-state index in [1.165, 1.54) is 10.6 Å². The van der Waals surface area contributed by atoms with Crippen LogP contribution in [0.5, 0.6) is 0 Å². The normalized spacial score (nSPS) is 16.8. The Morgan fingerprint density at radius 2 is 2.15 bits per heavy atom. The van der Waals surface area contributed by atoms with Crippen molar-refractivity contribution < 1.29 is 5.11 Å². The second kappa shape index (κ2) is 5.94. The van der Waals surface area contributed by atoms with Gasteiger partial charge in [0.1, 0.15) is 0 Å². The molecule has 0 aliphatic carbocycles. The van der Waals surface area contributed by atoms with Gasteiger partial charge in [-0.1, -0.05) is 0 Å². The Hall–Kier alpha value is 0.330. The number of hydrogen-bond acceptors (Lipinski definition) is 3. The molecule has 0 aromatic heterocycles. The zero-order valence-electron chi connectivity index (χ0n) is 8.41. The summed E-state index contributed by atoms with van der Waals surface area (Å²) in [4.78, 5) is 3.72. The fourth-order valence-electron chi connectivity index (χ4n) is 1.40. The Kier molecular flexibility index (Phi) is 6.09. The number of halogens is 1. The van der Waals surface area contributed by atoms with Gasteiger partial charge in [-0.2, -0.15) is 0 Å². The number of allylic oxidation sites excluding steroid dienone is 1. The molecule has 1 heterocycles. The lowest BCUT2D eigenvalue weighted by molar-refractivity contribution is 0.298. The summed E-state index contributed by atoms with van der Waals surface area (Å²) in [5.74, 6) is 1.05. The van der Waals surface area contributed by atoms with Crippen LogP contribution in [0.2, 0.25) is 0 Å². The summed E-state index contributed by atoms with van der Waals surface area (Å²) in [5.41, 5.74) is 1.35. The van der Waals surface area contributed by atoms with Crippen LogP contribution in [0.15, 0.2) is 10.6 Å². The van der Waals surface area contributed by atoms with E-state index in [4.69, 9.17) is 5.11 Å². The number of rotatable bonds is 3. The van der Waals surface area contributed by atoms with Gasteiger partial charge in [0.05, 0.1) is 5.88 Å². The first-order valence-corrected chi connectivity index (χ1v) is 5.35. The Bertz CT molecular complexity index is 194. The molecule has 78 valence electrons. The molecule has 2 nitrogen and oxygen atoms in total. The SMILES string of the molecule is Br.CC1=C(CCO)SCN1C(C)C. The van der Waals surface area contributed by atoms with Crippen molar-refractivity contribution >= 4 is 28.7 Å². The summed E-state index contributed by atoms with van der Waals surface area (Å²) in [6.07, 6.45) is 0.819. The van der Waals surface area contributed by atoms with Crippen molar-refractivity contribution in [2.75, 3.05) is 12.5 Å². The molecule has 0 aromatic rings. The highest BCUT2D eigenvalue weighted by molar-refractivity contribution is 8.93. The van der Waals surface area contributed by atoms with Crippen LogP contribution < -0.4 is 0 Å². The van der Waals surface area contributed by atoms with Gasteiger partial charge in [-0.25, -0.2) is 0 Å². The first-order chi connectivity index (χ1) is 5.66. The van der Waals surface area contributed by atoms with Crippen molar-refractivity contribution in [1.82, 2.24) is 4.90 Å². The van der Waals surface area contributed by atoms with Crippen molar-refractivity contribution in [3.05, 3.63) is 10.6 Å². The number of thioether (sulfide) groups is 1. The molecule has 0 spiro atoms. The maximum Gasteiger partial charge on any atom is 0.0683 e. The van der Waals surface area contributed by atoms with Crippen LogP contribution in [0.4, 0.5) is 0 Å². The molecule has 1 rings (SSSR count). The van der Waals surface area contributed by atoms with E-state index in [-0.39, 0.29) is 23.6 Å². The molecule has 0 fully saturated rings. The van der Waals surface area contributed by atoms with Gasteiger partial charge in [-0.15, -0.1) is 28.7 Å². The number of hydrogen-bond donors (Lipinski definition) is 1. The lowest BCUT2D eigenvalue weighted by Gasteiger charge is -2.23. The fraction of sp³-hybridized carbons (Fsp3) is 0.778. The highest BCUT2D eigenvalue weighted by atomic mass is 79.9. The molecule has 1 N–H and O–H groups in total. The minimum atomic E-state index is 0. The Morgan fingerprint density at radius 1 is 1.54 bits per heavy atom. The second-order valence-corrected chi connectivity index (χ2v) is 4.36. The van der Waals surface area contributed by atoms with Crippen LogP contribution in [0.1, 0.15) is 27.2 Å². The molecule has 0 saturated carbocycles. The van der Waals surface area contributed by atoms with E-state index >= 15 is 0 Å². The zero-order chi connectivity index (χ0) is 9.14. The summed E-state index contributed by atoms with van der Waals surface area (Å²) in [5, 5.41) is 8.80. The lowest BCUT2D eigenvalue weighted by Crippen LogP contribution is -2.25. The van der Waals surface area contributed by atoms with E-state index in [2.05, 4.69) is 25.7 Å². The van der Waals surface area contributed by atoms with E-state index < -0.39 is 0 Å². The molecule has 0 radical (unpaired) electrons. The maximum absolute atomic E-state index is 8.80. The van der Waals surface area contributed by atoms with Gasteiger partial charge in [-0.3, -0.25) is 0 Å². The average Bonchev–Trinajstić information content (AvgIpc) is 2.34. The monoisotopic (exact) mass is 267 g/mol. The van der Waals surface area contributed by atoms with Gasteiger partial charge in [0, 0.05) is 29.7 Å². The van der Waals surface area contributed by atoms with E-state index in [0.29, 0.717) is 6.04 Å².